The maximum Gasteiger partial charge on any atom is 0.434 e. The number of hydrogen-bond donors (Lipinski definition) is 2. The van der Waals surface area contributed by atoms with E-state index in [2.05, 4.69) is 5.10 Å². The van der Waals surface area contributed by atoms with Crippen LogP contribution in [0.1, 0.15) is 16.1 Å². The number of rotatable bonds is 2. The number of benzene rings is 1. The molecular formula is C11H8F4N4O. The lowest BCUT2D eigenvalue weighted by Crippen LogP contribution is -2.32. The van der Waals surface area contributed by atoms with Crippen LogP contribution in [0.25, 0.3) is 5.69 Å². The second kappa shape index (κ2) is 4.93. The highest BCUT2D eigenvalue weighted by Gasteiger charge is 2.40. The molecule has 0 saturated heterocycles. The van der Waals surface area contributed by atoms with Gasteiger partial charge in [-0.15, -0.1) is 0 Å². The number of carbonyl (C=O) groups excluding carboxylic acids is 1. The Labute approximate surface area is 110 Å². The summed E-state index contributed by atoms with van der Waals surface area (Å²) in [5.41, 5.74) is -1.02. The lowest BCUT2D eigenvalue weighted by molar-refractivity contribution is -0.143. The number of hydrogen-bond acceptors (Lipinski definition) is 3. The van der Waals surface area contributed by atoms with E-state index in [1.54, 1.807) is 5.43 Å². The molecule has 1 aromatic carbocycles. The molecule has 1 amide bonds. The van der Waals surface area contributed by atoms with Crippen molar-refractivity contribution in [1.82, 2.24) is 15.2 Å². The first-order chi connectivity index (χ1) is 9.36. The summed E-state index contributed by atoms with van der Waals surface area (Å²) in [5, 5.41) is 3.42. The van der Waals surface area contributed by atoms with Gasteiger partial charge in [0, 0.05) is 0 Å². The van der Waals surface area contributed by atoms with Crippen molar-refractivity contribution in [2.24, 2.45) is 5.84 Å². The Balaban J connectivity index is 2.70. The molecule has 106 valence electrons. The van der Waals surface area contributed by atoms with Crippen LogP contribution in [0.15, 0.2) is 30.5 Å². The number of hydrazine groups is 1. The number of para-hydroxylation sites is 1. The van der Waals surface area contributed by atoms with E-state index in [1.165, 1.54) is 12.1 Å². The lowest BCUT2D eigenvalue weighted by atomic mass is 10.2. The molecule has 1 heterocycles. The van der Waals surface area contributed by atoms with E-state index in [-0.39, 0.29) is 0 Å². The average Bonchev–Trinajstić information content (AvgIpc) is 2.83. The van der Waals surface area contributed by atoms with Crippen LogP contribution in [0.4, 0.5) is 17.6 Å². The molecule has 9 heteroatoms. The predicted octanol–water partition coefficient (Wildman–Crippen LogP) is 1.63. The summed E-state index contributed by atoms with van der Waals surface area (Å²) in [5.74, 6) is 2.75. The highest BCUT2D eigenvalue weighted by molar-refractivity contribution is 5.95. The summed E-state index contributed by atoms with van der Waals surface area (Å²) >= 11 is 0. The van der Waals surface area contributed by atoms with Crippen LogP contribution in [0, 0.1) is 5.82 Å². The number of alkyl halides is 3. The molecule has 0 aliphatic carbocycles. The predicted molar refractivity (Wildman–Crippen MR) is 60.2 cm³/mol. The van der Waals surface area contributed by atoms with E-state index >= 15 is 0 Å². The molecule has 0 aliphatic heterocycles. The number of nitrogen functional groups attached to an aromatic ring is 1. The average molecular weight is 288 g/mol. The SMILES string of the molecule is NNC(=O)c1cnn(-c2ccccc2F)c1C(F)(F)F. The Morgan fingerprint density at radius 2 is 1.95 bits per heavy atom. The van der Waals surface area contributed by atoms with Crippen LogP contribution in [-0.4, -0.2) is 15.7 Å². The molecule has 0 radical (unpaired) electrons. The molecule has 1 aromatic heterocycles. The van der Waals surface area contributed by atoms with Gasteiger partial charge in [0.25, 0.3) is 5.91 Å². The van der Waals surface area contributed by atoms with Gasteiger partial charge in [-0.3, -0.25) is 10.2 Å². The van der Waals surface area contributed by atoms with Crippen LogP contribution in [0.3, 0.4) is 0 Å². The molecular weight excluding hydrogens is 280 g/mol. The quantitative estimate of drug-likeness (QED) is 0.382. The minimum Gasteiger partial charge on any atom is -0.290 e. The molecule has 0 atom stereocenters. The van der Waals surface area contributed by atoms with Gasteiger partial charge in [0.1, 0.15) is 11.5 Å². The molecule has 0 aliphatic rings. The fraction of sp³-hybridized carbons (Fsp3) is 0.0909. The van der Waals surface area contributed by atoms with E-state index in [9.17, 15) is 22.4 Å². The highest BCUT2D eigenvalue weighted by Crippen LogP contribution is 2.33. The second-order valence-corrected chi connectivity index (χ2v) is 3.74. The largest absolute Gasteiger partial charge is 0.434 e. The molecule has 0 saturated carbocycles. The Bertz CT molecular complexity index is 650. The van der Waals surface area contributed by atoms with E-state index in [1.807, 2.05) is 0 Å². The van der Waals surface area contributed by atoms with Crippen LogP contribution in [-0.2, 0) is 6.18 Å². The van der Waals surface area contributed by atoms with Crippen molar-refractivity contribution in [3.63, 3.8) is 0 Å². The van der Waals surface area contributed by atoms with Gasteiger partial charge in [0.15, 0.2) is 5.69 Å². The maximum atomic E-state index is 13.6. The first-order valence-electron chi connectivity index (χ1n) is 5.27. The van der Waals surface area contributed by atoms with Crippen LogP contribution in [0.5, 0.6) is 0 Å². The van der Waals surface area contributed by atoms with E-state index in [0.29, 0.717) is 10.9 Å². The number of halogens is 4. The molecule has 3 N–H and O–H groups in total. The molecule has 2 rings (SSSR count). The van der Waals surface area contributed by atoms with Gasteiger partial charge in [-0.25, -0.2) is 14.9 Å². The monoisotopic (exact) mass is 288 g/mol. The fourth-order valence-corrected chi connectivity index (χ4v) is 1.67. The smallest absolute Gasteiger partial charge is 0.290 e. The molecule has 2 aromatic rings. The van der Waals surface area contributed by atoms with Gasteiger partial charge in [-0.1, -0.05) is 12.1 Å². The van der Waals surface area contributed by atoms with E-state index in [0.717, 1.165) is 12.1 Å². The zero-order valence-electron chi connectivity index (χ0n) is 9.78. The molecule has 0 spiro atoms. The van der Waals surface area contributed by atoms with Gasteiger partial charge >= 0.3 is 6.18 Å². The normalized spacial score (nSPS) is 11.4. The van der Waals surface area contributed by atoms with Crippen LogP contribution >= 0.6 is 0 Å². The molecule has 0 fully saturated rings. The Hall–Kier alpha value is -2.42. The summed E-state index contributed by atoms with van der Waals surface area (Å²) in [6, 6.07) is 4.77. The van der Waals surface area contributed by atoms with Crippen molar-refractivity contribution in [3.8, 4) is 5.69 Å². The van der Waals surface area contributed by atoms with Crippen molar-refractivity contribution in [2.45, 2.75) is 6.18 Å². The minimum atomic E-state index is -4.90. The number of aromatic nitrogens is 2. The fourth-order valence-electron chi connectivity index (χ4n) is 1.67. The standard InChI is InChI=1S/C11H8F4N4O/c12-7-3-1-2-4-8(7)19-9(11(13,14)15)6(5-17-19)10(20)18-16/h1-5H,16H2,(H,18,20). The molecule has 20 heavy (non-hydrogen) atoms. The Morgan fingerprint density at radius 3 is 2.50 bits per heavy atom. The Morgan fingerprint density at radius 1 is 1.30 bits per heavy atom. The van der Waals surface area contributed by atoms with Gasteiger partial charge in [-0.05, 0) is 12.1 Å². The Kier molecular flexibility index (Phi) is 3.45. The molecule has 0 bridgehead atoms. The number of carbonyl (C=O) groups is 1. The van der Waals surface area contributed by atoms with Crippen molar-refractivity contribution < 1.29 is 22.4 Å². The number of nitrogens with one attached hydrogen (secondary N) is 1. The second-order valence-electron chi connectivity index (χ2n) is 3.74. The van der Waals surface area contributed by atoms with Crippen LogP contribution in [0.2, 0.25) is 0 Å². The van der Waals surface area contributed by atoms with Crippen molar-refractivity contribution in [1.29, 1.82) is 0 Å². The first kappa shape index (κ1) is 14.0. The summed E-state index contributed by atoms with van der Waals surface area (Å²) in [7, 11) is 0. The van der Waals surface area contributed by atoms with E-state index < -0.39 is 34.8 Å². The van der Waals surface area contributed by atoms with E-state index in [4.69, 9.17) is 5.84 Å². The number of nitrogens with zero attached hydrogens (tertiary/aromatic N) is 2. The first-order valence-corrected chi connectivity index (χ1v) is 5.27. The minimum absolute atomic E-state index is 0.319. The van der Waals surface area contributed by atoms with Crippen molar-refractivity contribution in [2.75, 3.05) is 0 Å². The third-order valence-corrected chi connectivity index (χ3v) is 2.49. The summed E-state index contributed by atoms with van der Waals surface area (Å²) in [4.78, 5) is 11.3. The zero-order chi connectivity index (χ0) is 14.9. The maximum absolute atomic E-state index is 13.6. The topological polar surface area (TPSA) is 72.9 Å². The third-order valence-electron chi connectivity index (χ3n) is 2.49. The highest BCUT2D eigenvalue weighted by atomic mass is 19.4. The lowest BCUT2D eigenvalue weighted by Gasteiger charge is -2.12. The van der Waals surface area contributed by atoms with Crippen LogP contribution < -0.4 is 11.3 Å². The molecule has 0 unspecified atom stereocenters. The summed E-state index contributed by atoms with van der Waals surface area (Å²) in [6.45, 7) is 0. The van der Waals surface area contributed by atoms with Gasteiger partial charge in [-0.2, -0.15) is 18.3 Å². The van der Waals surface area contributed by atoms with Crippen molar-refractivity contribution >= 4 is 5.91 Å². The van der Waals surface area contributed by atoms with Gasteiger partial charge in [0.05, 0.1) is 11.8 Å². The van der Waals surface area contributed by atoms with Gasteiger partial charge < -0.3 is 0 Å². The zero-order valence-corrected chi connectivity index (χ0v) is 9.78. The summed E-state index contributed by atoms with van der Waals surface area (Å²) < 4.78 is 53.1. The van der Waals surface area contributed by atoms with Gasteiger partial charge in [0.2, 0.25) is 0 Å². The number of amides is 1. The van der Waals surface area contributed by atoms with Crippen molar-refractivity contribution in [3.05, 3.63) is 47.5 Å². The molecule has 5 nitrogen and oxygen atoms in total. The number of nitrogens with two attached hydrogens (primary N) is 1. The summed E-state index contributed by atoms with van der Waals surface area (Å²) in [6.07, 6.45) is -4.22. The third kappa shape index (κ3) is 2.35.